The van der Waals surface area contributed by atoms with E-state index in [1.807, 2.05) is 6.07 Å². The predicted molar refractivity (Wildman–Crippen MR) is 68.7 cm³/mol. The average molecular weight is 221 g/mol. The van der Waals surface area contributed by atoms with Gasteiger partial charge >= 0.3 is 0 Å². The molecule has 0 aromatic heterocycles. The maximum atomic E-state index is 6.16. The molecule has 1 rings (SSSR count). The molecule has 16 heavy (non-hydrogen) atoms. The zero-order chi connectivity index (χ0) is 12.1. The Morgan fingerprint density at radius 1 is 1.25 bits per heavy atom. The van der Waals surface area contributed by atoms with Crippen LogP contribution in [0.4, 0.5) is 0 Å². The van der Waals surface area contributed by atoms with Crippen molar-refractivity contribution in [1.29, 1.82) is 0 Å². The van der Waals surface area contributed by atoms with Crippen LogP contribution in [0.3, 0.4) is 0 Å². The molecule has 2 N–H and O–H groups in total. The van der Waals surface area contributed by atoms with Crippen LogP contribution in [0.1, 0.15) is 43.9 Å². The second kappa shape index (κ2) is 5.90. The third kappa shape index (κ3) is 3.53. The summed E-state index contributed by atoms with van der Waals surface area (Å²) in [5, 5.41) is 0. The third-order valence-electron chi connectivity index (χ3n) is 2.90. The number of methoxy groups -OCH3 is 1. The molecule has 1 aromatic carbocycles. The highest BCUT2D eigenvalue weighted by Gasteiger charge is 2.08. The fraction of sp³-hybridized carbons (Fsp3) is 0.571. The van der Waals surface area contributed by atoms with Crippen molar-refractivity contribution in [2.75, 3.05) is 7.11 Å². The molecule has 0 heterocycles. The minimum Gasteiger partial charge on any atom is -0.496 e. The van der Waals surface area contributed by atoms with E-state index in [0.29, 0.717) is 5.92 Å². The number of hydrogen-bond acceptors (Lipinski definition) is 2. The van der Waals surface area contributed by atoms with Crippen LogP contribution in [0.15, 0.2) is 18.2 Å². The molecule has 0 unspecified atom stereocenters. The Kier molecular flexibility index (Phi) is 4.81. The van der Waals surface area contributed by atoms with Gasteiger partial charge in [-0.2, -0.15) is 0 Å². The summed E-state index contributed by atoms with van der Waals surface area (Å²) in [5.41, 5.74) is 8.52. The van der Waals surface area contributed by atoms with E-state index in [9.17, 15) is 0 Å². The van der Waals surface area contributed by atoms with Gasteiger partial charge in [0.15, 0.2) is 0 Å². The topological polar surface area (TPSA) is 35.2 Å². The standard InChI is InChI=1S/C14H23NO/c1-10(2)5-7-13(15)12-6-8-14(16-4)11(3)9-12/h6,8-10,13H,5,7,15H2,1-4H3/t13-/m1/s1. The maximum absolute atomic E-state index is 6.16. The van der Waals surface area contributed by atoms with Crippen molar-refractivity contribution in [3.05, 3.63) is 29.3 Å². The van der Waals surface area contributed by atoms with Gasteiger partial charge in [0.25, 0.3) is 0 Å². The molecule has 2 heteroatoms. The van der Waals surface area contributed by atoms with E-state index in [1.165, 1.54) is 12.0 Å². The average Bonchev–Trinajstić information content (AvgIpc) is 2.25. The predicted octanol–water partition coefficient (Wildman–Crippen LogP) is 3.44. The number of ether oxygens (including phenoxy) is 1. The Hall–Kier alpha value is -1.02. The van der Waals surface area contributed by atoms with Crippen molar-refractivity contribution in [2.45, 2.75) is 39.7 Å². The van der Waals surface area contributed by atoms with Gasteiger partial charge in [0.2, 0.25) is 0 Å². The summed E-state index contributed by atoms with van der Waals surface area (Å²) in [7, 11) is 1.70. The molecule has 1 atom stereocenters. The van der Waals surface area contributed by atoms with Crippen LogP contribution in [0.2, 0.25) is 0 Å². The lowest BCUT2D eigenvalue weighted by atomic mass is 9.97. The molecule has 0 aliphatic rings. The van der Waals surface area contributed by atoms with Gasteiger partial charge in [-0.1, -0.05) is 26.0 Å². The minimum atomic E-state index is 0.145. The molecule has 0 amide bonds. The van der Waals surface area contributed by atoms with E-state index in [1.54, 1.807) is 7.11 Å². The van der Waals surface area contributed by atoms with Gasteiger partial charge in [0.05, 0.1) is 7.11 Å². The molecule has 1 aromatic rings. The number of rotatable bonds is 5. The molecule has 0 saturated heterocycles. The number of benzene rings is 1. The van der Waals surface area contributed by atoms with E-state index in [0.717, 1.165) is 17.7 Å². The lowest BCUT2D eigenvalue weighted by Crippen LogP contribution is -2.11. The first-order valence-electron chi connectivity index (χ1n) is 5.94. The highest BCUT2D eigenvalue weighted by molar-refractivity contribution is 5.37. The number of nitrogens with two attached hydrogens (primary N) is 1. The van der Waals surface area contributed by atoms with E-state index >= 15 is 0 Å². The molecule has 0 aliphatic carbocycles. The summed E-state index contributed by atoms with van der Waals surface area (Å²) in [5.74, 6) is 1.64. The normalized spacial score (nSPS) is 12.9. The summed E-state index contributed by atoms with van der Waals surface area (Å²) >= 11 is 0. The van der Waals surface area contributed by atoms with Crippen LogP contribution in [-0.2, 0) is 0 Å². The molecule has 0 aliphatic heterocycles. The van der Waals surface area contributed by atoms with Crippen molar-refractivity contribution in [3.63, 3.8) is 0 Å². The van der Waals surface area contributed by atoms with E-state index in [4.69, 9.17) is 10.5 Å². The van der Waals surface area contributed by atoms with E-state index in [2.05, 4.69) is 32.9 Å². The van der Waals surface area contributed by atoms with Crippen LogP contribution in [0.5, 0.6) is 5.75 Å². The zero-order valence-corrected chi connectivity index (χ0v) is 10.8. The molecule has 0 bridgehead atoms. The van der Waals surface area contributed by atoms with Crippen molar-refractivity contribution < 1.29 is 4.74 Å². The first-order valence-corrected chi connectivity index (χ1v) is 5.94. The Morgan fingerprint density at radius 3 is 2.44 bits per heavy atom. The molecule has 2 nitrogen and oxygen atoms in total. The summed E-state index contributed by atoms with van der Waals surface area (Å²) in [6.45, 7) is 6.51. The highest BCUT2D eigenvalue weighted by Crippen LogP contribution is 2.24. The van der Waals surface area contributed by atoms with Gasteiger partial charge in [-0.15, -0.1) is 0 Å². The number of hydrogen-bond donors (Lipinski definition) is 1. The molecule has 90 valence electrons. The fourth-order valence-electron chi connectivity index (χ4n) is 1.81. The Balaban J connectivity index is 2.69. The third-order valence-corrected chi connectivity index (χ3v) is 2.90. The van der Waals surface area contributed by atoms with Gasteiger partial charge in [0.1, 0.15) is 5.75 Å². The Labute approximate surface area is 98.8 Å². The summed E-state index contributed by atoms with van der Waals surface area (Å²) < 4.78 is 5.24. The first-order chi connectivity index (χ1) is 7.54. The Morgan fingerprint density at radius 2 is 1.94 bits per heavy atom. The summed E-state index contributed by atoms with van der Waals surface area (Å²) in [4.78, 5) is 0. The van der Waals surface area contributed by atoms with Crippen molar-refractivity contribution in [2.24, 2.45) is 11.7 Å². The quantitative estimate of drug-likeness (QED) is 0.826. The molecule has 0 spiro atoms. The lowest BCUT2D eigenvalue weighted by molar-refractivity contribution is 0.411. The van der Waals surface area contributed by atoms with Gasteiger partial charge in [-0.25, -0.2) is 0 Å². The zero-order valence-electron chi connectivity index (χ0n) is 10.8. The van der Waals surface area contributed by atoms with E-state index < -0.39 is 0 Å². The summed E-state index contributed by atoms with van der Waals surface area (Å²) in [6.07, 6.45) is 2.22. The summed E-state index contributed by atoms with van der Waals surface area (Å²) in [6, 6.07) is 6.34. The van der Waals surface area contributed by atoms with Crippen LogP contribution in [0.25, 0.3) is 0 Å². The van der Waals surface area contributed by atoms with Gasteiger partial charge < -0.3 is 10.5 Å². The van der Waals surface area contributed by atoms with Crippen LogP contribution in [0, 0.1) is 12.8 Å². The van der Waals surface area contributed by atoms with Gasteiger partial charge in [-0.3, -0.25) is 0 Å². The molecule has 0 fully saturated rings. The Bertz CT molecular complexity index is 334. The van der Waals surface area contributed by atoms with Gasteiger partial charge in [0, 0.05) is 6.04 Å². The SMILES string of the molecule is COc1ccc([C@H](N)CCC(C)C)cc1C. The van der Waals surface area contributed by atoms with Crippen molar-refractivity contribution >= 4 is 0 Å². The number of aryl methyl sites for hydroxylation is 1. The largest absolute Gasteiger partial charge is 0.496 e. The fourth-order valence-corrected chi connectivity index (χ4v) is 1.81. The highest BCUT2D eigenvalue weighted by atomic mass is 16.5. The first kappa shape index (κ1) is 13.0. The van der Waals surface area contributed by atoms with Crippen LogP contribution in [-0.4, -0.2) is 7.11 Å². The lowest BCUT2D eigenvalue weighted by Gasteiger charge is -2.15. The molecular formula is C14H23NO. The van der Waals surface area contributed by atoms with E-state index in [-0.39, 0.29) is 6.04 Å². The minimum absolute atomic E-state index is 0.145. The van der Waals surface area contributed by atoms with Crippen LogP contribution < -0.4 is 10.5 Å². The smallest absolute Gasteiger partial charge is 0.121 e. The molecular weight excluding hydrogens is 198 g/mol. The van der Waals surface area contributed by atoms with Gasteiger partial charge in [-0.05, 0) is 42.9 Å². The monoisotopic (exact) mass is 221 g/mol. The second-order valence-electron chi connectivity index (χ2n) is 4.81. The maximum Gasteiger partial charge on any atom is 0.121 e. The van der Waals surface area contributed by atoms with Crippen molar-refractivity contribution in [1.82, 2.24) is 0 Å². The molecule has 0 radical (unpaired) electrons. The van der Waals surface area contributed by atoms with Crippen LogP contribution >= 0.6 is 0 Å². The van der Waals surface area contributed by atoms with Crippen molar-refractivity contribution in [3.8, 4) is 5.75 Å². The second-order valence-corrected chi connectivity index (χ2v) is 4.81. The molecule has 0 saturated carbocycles.